The minimum Gasteiger partial charge on any atom is -0.490 e. The lowest BCUT2D eigenvalue weighted by atomic mass is 10.1. The van der Waals surface area contributed by atoms with Gasteiger partial charge in [-0.2, -0.15) is 0 Å². The van der Waals surface area contributed by atoms with Gasteiger partial charge >= 0.3 is 0 Å². The molecule has 5 rings (SSSR count). The molecule has 0 unspecified atom stereocenters. The maximum absolute atomic E-state index is 13.1. The van der Waals surface area contributed by atoms with Gasteiger partial charge in [-0.3, -0.25) is 14.4 Å². The van der Waals surface area contributed by atoms with Crippen LogP contribution in [0.4, 0.5) is 0 Å². The molecule has 36 heavy (non-hydrogen) atoms. The van der Waals surface area contributed by atoms with Crippen LogP contribution in [-0.4, -0.2) is 66.6 Å². The van der Waals surface area contributed by atoms with E-state index in [1.807, 2.05) is 43.3 Å². The molecule has 1 atom stereocenters. The molecule has 0 aliphatic carbocycles. The summed E-state index contributed by atoms with van der Waals surface area (Å²) in [6.07, 6.45) is 2.42. The summed E-state index contributed by atoms with van der Waals surface area (Å²) in [6, 6.07) is 12.7. The van der Waals surface area contributed by atoms with Gasteiger partial charge in [0.05, 0.1) is 38.0 Å². The summed E-state index contributed by atoms with van der Waals surface area (Å²) < 4.78 is 18.4. The van der Waals surface area contributed by atoms with Crippen molar-refractivity contribution in [1.82, 2.24) is 14.8 Å². The minimum absolute atomic E-state index is 0.00836. The zero-order valence-electron chi connectivity index (χ0n) is 20.2. The first-order valence-electron chi connectivity index (χ1n) is 12.2. The number of Topliss-reactive ketones (excluding diaryl/α,β-unsaturated/α-hetero) is 1. The van der Waals surface area contributed by atoms with Crippen molar-refractivity contribution in [3.8, 4) is 11.5 Å². The minimum atomic E-state index is -0.576. The van der Waals surface area contributed by atoms with Crippen LogP contribution < -0.4 is 14.8 Å². The van der Waals surface area contributed by atoms with E-state index >= 15 is 0 Å². The molecule has 2 amide bonds. The second kappa shape index (κ2) is 10.4. The summed E-state index contributed by atoms with van der Waals surface area (Å²) in [5.41, 5.74) is 1.91. The molecule has 3 aromatic rings. The molecule has 9 heteroatoms. The van der Waals surface area contributed by atoms with Gasteiger partial charge in [0.15, 0.2) is 11.5 Å². The van der Waals surface area contributed by atoms with E-state index < -0.39 is 11.7 Å². The average Bonchev–Trinajstić information content (AvgIpc) is 3.09. The van der Waals surface area contributed by atoms with Crippen LogP contribution in [-0.2, 0) is 20.9 Å². The Hall–Kier alpha value is -3.85. The predicted molar refractivity (Wildman–Crippen MR) is 132 cm³/mol. The standard InChI is InChI=1S/C27H29N3O6/c1-18(19-7-8-23-24(15-19)36-12-4-11-35-23)28-25(31)17-30-16-21(20-5-2-3-6-22(20)30)26(32)27(33)29-9-13-34-14-10-29/h2-3,5-8,15-16,18H,4,9-14,17H2,1H3,(H,28,31)/t18-/m1/s1. The molecular formula is C27H29N3O6. The number of benzene rings is 2. The number of aromatic nitrogens is 1. The van der Waals surface area contributed by atoms with Gasteiger partial charge in [-0.1, -0.05) is 24.3 Å². The third-order valence-corrected chi connectivity index (χ3v) is 6.49. The number of ketones is 1. The van der Waals surface area contributed by atoms with Crippen molar-refractivity contribution >= 4 is 28.5 Å². The number of fused-ring (bicyclic) bond motifs is 2. The van der Waals surface area contributed by atoms with E-state index in [1.54, 1.807) is 16.8 Å². The maximum Gasteiger partial charge on any atom is 0.295 e. The third-order valence-electron chi connectivity index (χ3n) is 6.49. The molecule has 3 heterocycles. The molecule has 0 saturated carbocycles. The fourth-order valence-electron chi connectivity index (χ4n) is 4.56. The van der Waals surface area contributed by atoms with E-state index in [0.717, 1.165) is 12.0 Å². The molecular weight excluding hydrogens is 462 g/mol. The number of morpholine rings is 1. The van der Waals surface area contributed by atoms with Crippen LogP contribution in [0, 0.1) is 0 Å². The maximum atomic E-state index is 13.1. The summed E-state index contributed by atoms with van der Waals surface area (Å²) in [5.74, 6) is 0.0448. The topological polar surface area (TPSA) is 99.1 Å². The van der Waals surface area contributed by atoms with E-state index in [4.69, 9.17) is 14.2 Å². The van der Waals surface area contributed by atoms with Crippen LogP contribution in [0.2, 0.25) is 0 Å². The van der Waals surface area contributed by atoms with Crippen molar-refractivity contribution < 1.29 is 28.6 Å². The first-order chi connectivity index (χ1) is 17.5. The van der Waals surface area contributed by atoms with E-state index in [0.29, 0.717) is 67.5 Å². The third kappa shape index (κ3) is 4.92. The Labute approximate surface area is 208 Å². The highest BCUT2D eigenvalue weighted by Gasteiger charge is 2.28. The molecule has 2 aromatic carbocycles. The average molecular weight is 492 g/mol. The van der Waals surface area contributed by atoms with Gasteiger partial charge in [-0.05, 0) is 30.7 Å². The number of amides is 2. The number of carbonyl (C=O) groups is 3. The summed E-state index contributed by atoms with van der Waals surface area (Å²) in [6.45, 7) is 4.74. The second-order valence-electron chi connectivity index (χ2n) is 8.97. The van der Waals surface area contributed by atoms with Gasteiger partial charge in [-0.25, -0.2) is 0 Å². The lowest BCUT2D eigenvalue weighted by molar-refractivity contribution is -0.130. The summed E-state index contributed by atoms with van der Waals surface area (Å²) in [5, 5.41) is 3.66. The summed E-state index contributed by atoms with van der Waals surface area (Å²) in [4.78, 5) is 40.4. The van der Waals surface area contributed by atoms with Crippen LogP contribution in [0.1, 0.15) is 35.3 Å². The van der Waals surface area contributed by atoms with Crippen molar-refractivity contribution in [3.63, 3.8) is 0 Å². The Kier molecular flexibility index (Phi) is 6.90. The van der Waals surface area contributed by atoms with Crippen molar-refractivity contribution in [3.05, 3.63) is 59.8 Å². The molecule has 1 saturated heterocycles. The lowest BCUT2D eigenvalue weighted by Gasteiger charge is -2.25. The Morgan fingerprint density at radius 1 is 0.972 bits per heavy atom. The molecule has 0 bridgehead atoms. The normalized spacial score (nSPS) is 16.3. The molecule has 1 fully saturated rings. The Morgan fingerprint density at radius 2 is 1.72 bits per heavy atom. The van der Waals surface area contributed by atoms with Crippen molar-refractivity contribution in [2.24, 2.45) is 0 Å². The van der Waals surface area contributed by atoms with Gasteiger partial charge in [0.25, 0.3) is 11.7 Å². The van der Waals surface area contributed by atoms with Crippen molar-refractivity contribution in [2.45, 2.75) is 25.9 Å². The number of para-hydroxylation sites is 1. The molecule has 0 radical (unpaired) electrons. The van der Waals surface area contributed by atoms with Crippen LogP contribution in [0.25, 0.3) is 10.9 Å². The number of nitrogens with one attached hydrogen (secondary N) is 1. The molecule has 9 nitrogen and oxygen atoms in total. The number of ether oxygens (including phenoxy) is 3. The zero-order chi connectivity index (χ0) is 25.1. The molecule has 1 aromatic heterocycles. The number of hydrogen-bond acceptors (Lipinski definition) is 6. The number of carbonyl (C=O) groups excluding carboxylic acids is 3. The summed E-state index contributed by atoms with van der Waals surface area (Å²) in [7, 11) is 0. The molecule has 2 aliphatic heterocycles. The van der Waals surface area contributed by atoms with Gasteiger partial charge in [-0.15, -0.1) is 0 Å². The van der Waals surface area contributed by atoms with E-state index in [-0.39, 0.29) is 18.5 Å². The molecule has 0 spiro atoms. The fraction of sp³-hybridized carbons (Fsp3) is 0.370. The highest BCUT2D eigenvalue weighted by molar-refractivity contribution is 6.44. The quantitative estimate of drug-likeness (QED) is 0.421. The van der Waals surface area contributed by atoms with Gasteiger partial charge < -0.3 is 29.0 Å². The fourth-order valence-corrected chi connectivity index (χ4v) is 4.56. The van der Waals surface area contributed by atoms with E-state index in [9.17, 15) is 14.4 Å². The van der Waals surface area contributed by atoms with Gasteiger partial charge in [0.1, 0.15) is 6.54 Å². The first kappa shape index (κ1) is 23.9. The first-order valence-corrected chi connectivity index (χ1v) is 12.2. The molecule has 1 N–H and O–H groups in total. The Morgan fingerprint density at radius 3 is 2.53 bits per heavy atom. The van der Waals surface area contributed by atoms with Crippen molar-refractivity contribution in [1.29, 1.82) is 0 Å². The van der Waals surface area contributed by atoms with Crippen LogP contribution in [0.5, 0.6) is 11.5 Å². The number of hydrogen-bond donors (Lipinski definition) is 1. The Balaban J connectivity index is 1.31. The Bertz CT molecular complexity index is 1290. The van der Waals surface area contributed by atoms with Crippen LogP contribution in [0.15, 0.2) is 48.7 Å². The molecule has 188 valence electrons. The smallest absolute Gasteiger partial charge is 0.295 e. The summed E-state index contributed by atoms with van der Waals surface area (Å²) >= 11 is 0. The van der Waals surface area contributed by atoms with E-state index in [2.05, 4.69) is 5.32 Å². The zero-order valence-corrected chi connectivity index (χ0v) is 20.2. The highest BCUT2D eigenvalue weighted by Crippen LogP contribution is 2.32. The monoisotopic (exact) mass is 491 g/mol. The largest absolute Gasteiger partial charge is 0.490 e. The van der Waals surface area contributed by atoms with E-state index in [1.165, 1.54) is 4.90 Å². The SMILES string of the molecule is C[C@@H](NC(=O)Cn1cc(C(=O)C(=O)N2CCOCC2)c2ccccc21)c1ccc2c(c1)OCCCO2. The second-order valence-corrected chi connectivity index (χ2v) is 8.97. The van der Waals surface area contributed by atoms with Gasteiger partial charge in [0, 0.05) is 36.6 Å². The van der Waals surface area contributed by atoms with Crippen LogP contribution >= 0.6 is 0 Å². The number of rotatable bonds is 6. The van der Waals surface area contributed by atoms with Gasteiger partial charge in [0.2, 0.25) is 5.91 Å². The van der Waals surface area contributed by atoms with Crippen LogP contribution in [0.3, 0.4) is 0 Å². The lowest BCUT2D eigenvalue weighted by Crippen LogP contribution is -2.44. The molecule has 2 aliphatic rings. The van der Waals surface area contributed by atoms with Crippen molar-refractivity contribution in [2.75, 3.05) is 39.5 Å². The highest BCUT2D eigenvalue weighted by atomic mass is 16.5. The predicted octanol–water partition coefficient (Wildman–Crippen LogP) is 2.72. The number of nitrogens with zero attached hydrogens (tertiary/aromatic N) is 2.